The van der Waals surface area contributed by atoms with Crippen LogP contribution in [0.5, 0.6) is 0 Å². The molecule has 0 fully saturated rings. The molecule has 2 atom stereocenters. The van der Waals surface area contributed by atoms with E-state index in [1.165, 1.54) is 38.5 Å². The van der Waals surface area contributed by atoms with Gasteiger partial charge in [-0.25, -0.2) is 4.79 Å². The second kappa shape index (κ2) is 7.16. The highest BCUT2D eigenvalue weighted by atomic mass is 16.6. The minimum absolute atomic E-state index is 0.0913. The number of non-ortho nitro benzene ring substituents is 1. The highest BCUT2D eigenvalue weighted by Crippen LogP contribution is 2.41. The van der Waals surface area contributed by atoms with Crippen LogP contribution in [0.1, 0.15) is 18.4 Å². The Bertz CT molecular complexity index is 766. The molecule has 0 aromatic heterocycles. The molecule has 0 aliphatic carbocycles. The van der Waals surface area contributed by atoms with Crippen LogP contribution in [0.25, 0.3) is 0 Å². The van der Waals surface area contributed by atoms with Crippen molar-refractivity contribution in [2.45, 2.75) is 12.8 Å². The summed E-state index contributed by atoms with van der Waals surface area (Å²) in [6, 6.07) is 5.65. The van der Waals surface area contributed by atoms with Gasteiger partial charge in [0.1, 0.15) is 5.92 Å². The monoisotopic (exact) mass is 346 g/mol. The molecule has 0 bridgehead atoms. The zero-order valence-corrected chi connectivity index (χ0v) is 14.1. The van der Waals surface area contributed by atoms with Crippen LogP contribution in [-0.2, 0) is 19.1 Å². The Balaban J connectivity index is 2.63. The number of esters is 2. The van der Waals surface area contributed by atoms with Gasteiger partial charge in [-0.2, -0.15) is 0 Å². The van der Waals surface area contributed by atoms with E-state index in [0.717, 1.165) is 0 Å². The molecule has 1 heterocycles. The largest absolute Gasteiger partial charge is 0.468 e. The molecule has 1 N–H and O–H groups in total. The van der Waals surface area contributed by atoms with Crippen molar-refractivity contribution in [3.05, 3.63) is 63.5 Å². The third kappa shape index (κ3) is 3.37. The van der Waals surface area contributed by atoms with Crippen molar-refractivity contribution in [2.75, 3.05) is 14.2 Å². The molecule has 1 aliphatic rings. The Hall–Kier alpha value is -3.16. The second-order valence-corrected chi connectivity index (χ2v) is 5.51. The number of nitro benzene ring substituents is 1. The van der Waals surface area contributed by atoms with Crippen LogP contribution in [0.2, 0.25) is 0 Å². The van der Waals surface area contributed by atoms with E-state index in [1.54, 1.807) is 6.92 Å². The summed E-state index contributed by atoms with van der Waals surface area (Å²) in [6.45, 7) is 5.52. The minimum atomic E-state index is -0.871. The third-order valence-corrected chi connectivity index (χ3v) is 4.10. The van der Waals surface area contributed by atoms with Gasteiger partial charge in [-0.3, -0.25) is 14.9 Å². The lowest BCUT2D eigenvalue weighted by atomic mass is 9.75. The number of nitrogens with one attached hydrogen (secondary N) is 1. The number of carbonyl (C=O) groups excluding carboxylic acids is 2. The topological polar surface area (TPSA) is 108 Å². The van der Waals surface area contributed by atoms with Gasteiger partial charge >= 0.3 is 11.9 Å². The molecule has 0 saturated carbocycles. The van der Waals surface area contributed by atoms with Crippen molar-refractivity contribution in [1.82, 2.24) is 5.32 Å². The van der Waals surface area contributed by atoms with Crippen LogP contribution >= 0.6 is 0 Å². The predicted octanol–water partition coefficient (Wildman–Crippen LogP) is 2.03. The van der Waals surface area contributed by atoms with Crippen molar-refractivity contribution in [2.24, 2.45) is 5.92 Å². The van der Waals surface area contributed by atoms with Gasteiger partial charge in [0.05, 0.1) is 24.7 Å². The van der Waals surface area contributed by atoms with Crippen molar-refractivity contribution < 1.29 is 24.0 Å². The Kier molecular flexibility index (Phi) is 5.21. The molecular formula is C17H18N2O6. The quantitative estimate of drug-likeness (QED) is 0.505. The predicted molar refractivity (Wildman–Crippen MR) is 88.3 cm³/mol. The van der Waals surface area contributed by atoms with Crippen LogP contribution in [-0.4, -0.2) is 31.1 Å². The maximum Gasteiger partial charge on any atom is 0.336 e. The maximum atomic E-state index is 12.3. The Labute approximate surface area is 144 Å². The number of allylic oxidation sites excluding steroid dienone is 1. The lowest BCUT2D eigenvalue weighted by molar-refractivity contribution is -0.384. The van der Waals surface area contributed by atoms with E-state index < -0.39 is 28.7 Å². The van der Waals surface area contributed by atoms with Gasteiger partial charge in [0.2, 0.25) is 0 Å². The third-order valence-electron chi connectivity index (χ3n) is 4.10. The number of hydrogen-bond acceptors (Lipinski definition) is 7. The summed E-state index contributed by atoms with van der Waals surface area (Å²) in [5.74, 6) is -2.77. The van der Waals surface area contributed by atoms with E-state index in [2.05, 4.69) is 11.9 Å². The van der Waals surface area contributed by atoms with Crippen molar-refractivity contribution in [3.63, 3.8) is 0 Å². The van der Waals surface area contributed by atoms with Crippen LogP contribution in [0, 0.1) is 16.0 Å². The smallest absolute Gasteiger partial charge is 0.336 e. The lowest BCUT2D eigenvalue weighted by Gasteiger charge is -2.34. The van der Waals surface area contributed by atoms with Crippen molar-refractivity contribution >= 4 is 17.6 Å². The lowest BCUT2D eigenvalue weighted by Crippen LogP contribution is -2.39. The van der Waals surface area contributed by atoms with E-state index >= 15 is 0 Å². The molecule has 0 radical (unpaired) electrons. The molecule has 2 rings (SSSR count). The number of benzene rings is 1. The molecule has 1 aromatic carbocycles. The standard InChI is InChI=1S/C17H18N2O6/c1-9-13(16(20)24-3)15(14(10(2)18-9)17(21)25-4)11-5-7-12(8-6-11)19(22)23/h5-8,13,15,18H,1H2,2-4H3. The number of methoxy groups -OCH3 is 2. The van der Waals surface area contributed by atoms with Gasteiger partial charge in [0.15, 0.2) is 0 Å². The molecule has 1 aliphatic heterocycles. The average Bonchev–Trinajstić information content (AvgIpc) is 2.60. The van der Waals surface area contributed by atoms with Gasteiger partial charge < -0.3 is 14.8 Å². The summed E-state index contributed by atoms with van der Waals surface area (Å²) < 4.78 is 9.69. The molecule has 8 nitrogen and oxygen atoms in total. The molecule has 0 amide bonds. The summed E-state index contributed by atoms with van der Waals surface area (Å²) >= 11 is 0. The summed E-state index contributed by atoms with van der Waals surface area (Å²) in [4.78, 5) is 34.9. The molecule has 132 valence electrons. The first kappa shape index (κ1) is 18.2. The maximum absolute atomic E-state index is 12.3. The summed E-state index contributed by atoms with van der Waals surface area (Å²) in [7, 11) is 2.48. The van der Waals surface area contributed by atoms with Crippen LogP contribution < -0.4 is 5.32 Å². The number of carbonyl (C=O) groups is 2. The molecule has 0 spiro atoms. The van der Waals surface area contributed by atoms with E-state index in [0.29, 0.717) is 17.0 Å². The molecule has 25 heavy (non-hydrogen) atoms. The van der Waals surface area contributed by atoms with Gasteiger partial charge in [-0.05, 0) is 12.5 Å². The normalized spacial score (nSPS) is 19.9. The average molecular weight is 346 g/mol. The SMILES string of the molecule is C=C1NC(C)=C(C(=O)OC)C(c2ccc([N+](=O)[O-])cc2)C1C(=O)OC. The van der Waals surface area contributed by atoms with E-state index in [-0.39, 0.29) is 11.3 Å². The fourth-order valence-electron chi connectivity index (χ4n) is 2.94. The van der Waals surface area contributed by atoms with E-state index in [4.69, 9.17) is 9.47 Å². The first-order valence-corrected chi connectivity index (χ1v) is 7.38. The number of nitro groups is 1. The van der Waals surface area contributed by atoms with Crippen LogP contribution in [0.3, 0.4) is 0 Å². The first-order chi connectivity index (χ1) is 11.8. The summed E-state index contributed by atoms with van der Waals surface area (Å²) in [5, 5.41) is 13.8. The number of hydrogen-bond donors (Lipinski definition) is 1. The molecule has 2 unspecified atom stereocenters. The minimum Gasteiger partial charge on any atom is -0.468 e. The van der Waals surface area contributed by atoms with Crippen molar-refractivity contribution in [1.29, 1.82) is 0 Å². The first-order valence-electron chi connectivity index (χ1n) is 7.38. The highest BCUT2D eigenvalue weighted by molar-refractivity contribution is 5.94. The Morgan fingerprint density at radius 1 is 1.20 bits per heavy atom. The molecule has 1 aromatic rings. The van der Waals surface area contributed by atoms with Gasteiger partial charge in [-0.1, -0.05) is 18.7 Å². The second-order valence-electron chi connectivity index (χ2n) is 5.51. The number of ether oxygens (including phenoxy) is 2. The van der Waals surface area contributed by atoms with Gasteiger partial charge in [-0.15, -0.1) is 0 Å². The number of nitrogens with zero attached hydrogens (tertiary/aromatic N) is 1. The number of rotatable bonds is 4. The molecule has 8 heteroatoms. The van der Waals surface area contributed by atoms with Gasteiger partial charge in [0, 0.05) is 29.4 Å². The Morgan fingerprint density at radius 2 is 1.80 bits per heavy atom. The zero-order chi connectivity index (χ0) is 18.7. The summed E-state index contributed by atoms with van der Waals surface area (Å²) in [5.41, 5.74) is 1.58. The van der Waals surface area contributed by atoms with Crippen LogP contribution in [0.4, 0.5) is 5.69 Å². The fraction of sp³-hybridized carbons (Fsp3) is 0.294. The summed E-state index contributed by atoms with van der Waals surface area (Å²) in [6.07, 6.45) is 0. The van der Waals surface area contributed by atoms with Crippen LogP contribution in [0.15, 0.2) is 47.8 Å². The zero-order valence-electron chi connectivity index (χ0n) is 14.1. The fourth-order valence-corrected chi connectivity index (χ4v) is 2.94. The van der Waals surface area contributed by atoms with Gasteiger partial charge in [0.25, 0.3) is 5.69 Å². The Morgan fingerprint density at radius 3 is 2.28 bits per heavy atom. The molecule has 0 saturated heterocycles. The van der Waals surface area contributed by atoms with Crippen molar-refractivity contribution in [3.8, 4) is 0 Å². The highest BCUT2D eigenvalue weighted by Gasteiger charge is 2.42. The van der Waals surface area contributed by atoms with E-state index in [1.807, 2.05) is 0 Å². The molecular weight excluding hydrogens is 328 g/mol. The van der Waals surface area contributed by atoms with E-state index in [9.17, 15) is 19.7 Å².